The SMILES string of the molecule is CN(Cc1ccc(OCC(O)CN(C)Cc2ccccc2)cc1)Cc1nccs1. The lowest BCUT2D eigenvalue weighted by atomic mass is 10.2. The predicted molar refractivity (Wildman–Crippen MR) is 118 cm³/mol. The van der Waals surface area contributed by atoms with E-state index < -0.39 is 6.10 Å². The highest BCUT2D eigenvalue weighted by Crippen LogP contribution is 2.15. The maximum Gasteiger partial charge on any atom is 0.119 e. The van der Waals surface area contributed by atoms with Crippen molar-refractivity contribution in [3.8, 4) is 5.75 Å². The Kier molecular flexibility index (Phi) is 8.19. The standard InChI is InChI=1S/C23H29N3O2S/c1-25(14-19-6-4-3-5-7-19)16-21(27)18-28-22-10-8-20(9-11-22)15-26(2)17-23-24-12-13-29-23/h3-13,21,27H,14-18H2,1-2H3. The molecule has 1 N–H and O–H groups in total. The van der Waals surface area contributed by atoms with E-state index in [4.69, 9.17) is 4.74 Å². The van der Waals surface area contributed by atoms with Gasteiger partial charge in [0.2, 0.25) is 0 Å². The summed E-state index contributed by atoms with van der Waals surface area (Å²) in [5.41, 5.74) is 2.46. The van der Waals surface area contributed by atoms with Crippen molar-refractivity contribution in [2.24, 2.45) is 0 Å². The zero-order valence-electron chi connectivity index (χ0n) is 17.1. The summed E-state index contributed by atoms with van der Waals surface area (Å²) in [6.07, 6.45) is 1.31. The largest absolute Gasteiger partial charge is 0.491 e. The number of hydrogen-bond acceptors (Lipinski definition) is 6. The Balaban J connectivity index is 1.38. The molecule has 0 fully saturated rings. The number of hydrogen-bond donors (Lipinski definition) is 1. The summed E-state index contributed by atoms with van der Waals surface area (Å²) in [7, 11) is 4.10. The van der Waals surface area contributed by atoms with Crippen molar-refractivity contribution in [3.63, 3.8) is 0 Å². The van der Waals surface area contributed by atoms with Gasteiger partial charge in [-0.15, -0.1) is 11.3 Å². The number of ether oxygens (including phenoxy) is 1. The van der Waals surface area contributed by atoms with Gasteiger partial charge in [-0.2, -0.15) is 0 Å². The molecular weight excluding hydrogens is 382 g/mol. The topological polar surface area (TPSA) is 48.8 Å². The molecule has 0 amide bonds. The van der Waals surface area contributed by atoms with Gasteiger partial charge < -0.3 is 9.84 Å². The van der Waals surface area contributed by atoms with Gasteiger partial charge in [-0.05, 0) is 37.4 Å². The van der Waals surface area contributed by atoms with Crippen LogP contribution in [-0.4, -0.2) is 53.2 Å². The Morgan fingerprint density at radius 1 is 0.931 bits per heavy atom. The van der Waals surface area contributed by atoms with Crippen molar-refractivity contribution in [1.29, 1.82) is 0 Å². The fourth-order valence-corrected chi connectivity index (χ4v) is 3.88. The van der Waals surface area contributed by atoms with Crippen LogP contribution in [0.2, 0.25) is 0 Å². The molecule has 0 saturated carbocycles. The third-order valence-corrected chi connectivity index (χ3v) is 5.29. The van der Waals surface area contributed by atoms with Crippen LogP contribution in [0.25, 0.3) is 0 Å². The molecular formula is C23H29N3O2S. The molecule has 0 aliphatic heterocycles. The first kappa shape index (κ1) is 21.5. The number of aliphatic hydroxyl groups is 1. The molecule has 0 radical (unpaired) electrons. The van der Waals surface area contributed by atoms with E-state index in [1.165, 1.54) is 11.1 Å². The minimum atomic E-state index is -0.534. The normalized spacial score (nSPS) is 12.4. The van der Waals surface area contributed by atoms with E-state index in [9.17, 15) is 5.11 Å². The van der Waals surface area contributed by atoms with Crippen molar-refractivity contribution < 1.29 is 9.84 Å². The second-order valence-electron chi connectivity index (χ2n) is 7.39. The van der Waals surface area contributed by atoms with Crippen LogP contribution in [0, 0.1) is 0 Å². The Labute approximate surface area is 177 Å². The van der Waals surface area contributed by atoms with E-state index in [0.29, 0.717) is 6.54 Å². The molecule has 0 bridgehead atoms. The number of rotatable bonds is 11. The summed E-state index contributed by atoms with van der Waals surface area (Å²) >= 11 is 1.68. The fraction of sp³-hybridized carbons (Fsp3) is 0.348. The second kappa shape index (κ2) is 11.1. The van der Waals surface area contributed by atoms with Crippen molar-refractivity contribution in [1.82, 2.24) is 14.8 Å². The van der Waals surface area contributed by atoms with Crippen LogP contribution in [0.5, 0.6) is 5.75 Å². The van der Waals surface area contributed by atoms with Gasteiger partial charge in [0.25, 0.3) is 0 Å². The Morgan fingerprint density at radius 2 is 1.62 bits per heavy atom. The van der Waals surface area contributed by atoms with Crippen molar-refractivity contribution >= 4 is 11.3 Å². The van der Waals surface area contributed by atoms with Gasteiger partial charge in [-0.1, -0.05) is 42.5 Å². The first-order valence-corrected chi connectivity index (χ1v) is 10.7. The Morgan fingerprint density at radius 3 is 2.31 bits per heavy atom. The third-order valence-electron chi connectivity index (χ3n) is 4.52. The number of aliphatic hydroxyl groups excluding tert-OH is 1. The molecule has 2 aromatic carbocycles. The maximum absolute atomic E-state index is 10.3. The van der Waals surface area contributed by atoms with Crippen LogP contribution >= 0.6 is 11.3 Å². The minimum absolute atomic E-state index is 0.280. The number of nitrogens with zero attached hydrogens (tertiary/aromatic N) is 3. The molecule has 3 rings (SSSR count). The van der Waals surface area contributed by atoms with Crippen LogP contribution in [0.1, 0.15) is 16.1 Å². The molecule has 29 heavy (non-hydrogen) atoms. The van der Waals surface area contributed by atoms with E-state index in [0.717, 1.165) is 30.4 Å². The lowest BCUT2D eigenvalue weighted by Crippen LogP contribution is -2.32. The first-order chi connectivity index (χ1) is 14.1. The molecule has 0 spiro atoms. The molecule has 6 heteroatoms. The zero-order valence-corrected chi connectivity index (χ0v) is 17.9. The van der Waals surface area contributed by atoms with Crippen molar-refractivity contribution in [3.05, 3.63) is 82.3 Å². The summed E-state index contributed by atoms with van der Waals surface area (Å²) in [6, 6.07) is 18.3. The summed E-state index contributed by atoms with van der Waals surface area (Å²) in [5.74, 6) is 0.779. The smallest absolute Gasteiger partial charge is 0.119 e. The highest BCUT2D eigenvalue weighted by Gasteiger charge is 2.10. The van der Waals surface area contributed by atoms with Gasteiger partial charge in [-0.3, -0.25) is 9.80 Å². The van der Waals surface area contributed by atoms with Gasteiger partial charge in [0.15, 0.2) is 0 Å². The fourth-order valence-electron chi connectivity index (χ4n) is 3.19. The summed E-state index contributed by atoms with van der Waals surface area (Å²) in [5, 5.41) is 13.4. The lowest BCUT2D eigenvalue weighted by Gasteiger charge is -2.21. The second-order valence-corrected chi connectivity index (χ2v) is 8.37. The van der Waals surface area contributed by atoms with Crippen LogP contribution in [0.4, 0.5) is 0 Å². The Bertz CT molecular complexity index is 825. The number of thiazole rings is 1. The third kappa shape index (κ3) is 7.59. The van der Waals surface area contributed by atoms with Gasteiger partial charge in [-0.25, -0.2) is 4.98 Å². The van der Waals surface area contributed by atoms with Crippen LogP contribution in [-0.2, 0) is 19.6 Å². The quantitative estimate of drug-likeness (QED) is 0.522. The number of likely N-dealkylation sites (N-methyl/N-ethyl adjacent to an activating group) is 1. The molecule has 1 unspecified atom stereocenters. The van der Waals surface area contributed by atoms with Gasteiger partial charge in [0.1, 0.15) is 23.5 Å². The van der Waals surface area contributed by atoms with Crippen LogP contribution < -0.4 is 4.74 Å². The van der Waals surface area contributed by atoms with Crippen molar-refractivity contribution in [2.45, 2.75) is 25.7 Å². The summed E-state index contributed by atoms with van der Waals surface area (Å²) < 4.78 is 5.77. The molecule has 1 atom stereocenters. The number of benzene rings is 2. The molecule has 0 aliphatic carbocycles. The lowest BCUT2D eigenvalue weighted by molar-refractivity contribution is 0.0744. The van der Waals surface area contributed by atoms with Crippen LogP contribution in [0.3, 0.4) is 0 Å². The van der Waals surface area contributed by atoms with Gasteiger partial charge >= 0.3 is 0 Å². The molecule has 5 nitrogen and oxygen atoms in total. The van der Waals surface area contributed by atoms with Gasteiger partial charge in [0.05, 0.1) is 6.54 Å². The molecule has 1 aromatic heterocycles. The molecule has 0 saturated heterocycles. The van der Waals surface area contributed by atoms with E-state index in [2.05, 4.69) is 46.1 Å². The molecule has 154 valence electrons. The van der Waals surface area contributed by atoms with Gasteiger partial charge in [0, 0.05) is 31.2 Å². The summed E-state index contributed by atoms with van der Waals surface area (Å²) in [6.45, 7) is 3.35. The minimum Gasteiger partial charge on any atom is -0.491 e. The average molecular weight is 412 g/mol. The van der Waals surface area contributed by atoms with E-state index in [-0.39, 0.29) is 6.61 Å². The van der Waals surface area contributed by atoms with E-state index in [1.54, 1.807) is 11.3 Å². The monoisotopic (exact) mass is 411 g/mol. The molecule has 1 heterocycles. The highest BCUT2D eigenvalue weighted by atomic mass is 32.1. The van der Waals surface area contributed by atoms with Crippen LogP contribution in [0.15, 0.2) is 66.2 Å². The summed E-state index contributed by atoms with van der Waals surface area (Å²) in [4.78, 5) is 8.67. The average Bonchev–Trinajstić information content (AvgIpc) is 3.21. The maximum atomic E-state index is 10.3. The van der Waals surface area contributed by atoms with E-state index in [1.807, 2.05) is 49.0 Å². The molecule has 0 aliphatic rings. The zero-order chi connectivity index (χ0) is 20.5. The first-order valence-electron chi connectivity index (χ1n) is 9.77. The molecule has 3 aromatic rings. The van der Waals surface area contributed by atoms with E-state index >= 15 is 0 Å². The predicted octanol–water partition coefficient (Wildman–Crippen LogP) is 3.65. The Hall–Kier alpha value is -2.25. The van der Waals surface area contributed by atoms with Crippen molar-refractivity contribution in [2.75, 3.05) is 27.2 Å². The highest BCUT2D eigenvalue weighted by molar-refractivity contribution is 7.09. The number of aromatic nitrogens is 1.